The number of nitrogens with zero attached hydrogens (tertiary/aromatic N) is 2. The lowest BCUT2D eigenvalue weighted by atomic mass is 10.2. The van der Waals surface area contributed by atoms with Crippen molar-refractivity contribution in [3.05, 3.63) is 76.9 Å². The topological polar surface area (TPSA) is 41.9 Å². The summed E-state index contributed by atoms with van der Waals surface area (Å²) in [7, 11) is 0. The number of aryl methyl sites for hydroxylation is 1. The van der Waals surface area contributed by atoms with Gasteiger partial charge in [-0.15, -0.1) is 0 Å². The third kappa shape index (κ3) is 4.34. The molecular formula is C18H17ClN4S. The highest BCUT2D eigenvalue weighted by atomic mass is 35.5. The smallest absolute Gasteiger partial charge is 0.176 e. The molecule has 0 atom stereocenters. The molecule has 122 valence electrons. The van der Waals surface area contributed by atoms with Gasteiger partial charge < -0.3 is 10.6 Å². The Hall–Kier alpha value is -2.37. The van der Waals surface area contributed by atoms with E-state index < -0.39 is 0 Å². The zero-order valence-electron chi connectivity index (χ0n) is 13.2. The highest BCUT2D eigenvalue weighted by Gasteiger charge is 2.09. The van der Waals surface area contributed by atoms with Crippen LogP contribution in [0.3, 0.4) is 0 Å². The van der Waals surface area contributed by atoms with E-state index in [-0.39, 0.29) is 0 Å². The second-order valence-corrected chi connectivity index (χ2v) is 6.27. The van der Waals surface area contributed by atoms with Gasteiger partial charge in [0.05, 0.1) is 6.54 Å². The fourth-order valence-electron chi connectivity index (χ4n) is 2.33. The van der Waals surface area contributed by atoms with Crippen LogP contribution in [0.15, 0.2) is 60.8 Å². The van der Waals surface area contributed by atoms with E-state index in [4.69, 9.17) is 23.8 Å². The molecular weight excluding hydrogens is 340 g/mol. The van der Waals surface area contributed by atoms with Gasteiger partial charge in [0.1, 0.15) is 5.02 Å². The van der Waals surface area contributed by atoms with Crippen molar-refractivity contribution >= 4 is 40.4 Å². The Morgan fingerprint density at radius 3 is 2.67 bits per heavy atom. The van der Waals surface area contributed by atoms with Crippen molar-refractivity contribution < 1.29 is 0 Å². The summed E-state index contributed by atoms with van der Waals surface area (Å²) in [6, 6.07) is 18.1. The van der Waals surface area contributed by atoms with Crippen LogP contribution in [0.4, 0.5) is 11.5 Å². The van der Waals surface area contributed by atoms with Gasteiger partial charge in [0.2, 0.25) is 0 Å². The predicted molar refractivity (Wildman–Crippen MR) is 104 cm³/mol. The van der Waals surface area contributed by atoms with Crippen LogP contribution in [-0.4, -0.2) is 14.9 Å². The number of hydrogen-bond acceptors (Lipinski definition) is 2. The molecule has 1 aromatic heterocycles. The first-order valence-electron chi connectivity index (χ1n) is 7.52. The first kappa shape index (κ1) is 16.5. The zero-order valence-corrected chi connectivity index (χ0v) is 14.7. The molecule has 2 N–H and O–H groups in total. The minimum absolute atomic E-state index is 0.451. The predicted octanol–water partition coefficient (Wildman–Crippen LogP) is 4.70. The minimum Gasteiger partial charge on any atom is -0.332 e. The average Bonchev–Trinajstić information content (AvgIpc) is 2.87. The maximum absolute atomic E-state index is 6.25. The Kier molecular flexibility index (Phi) is 5.13. The van der Waals surface area contributed by atoms with E-state index in [9.17, 15) is 0 Å². The average molecular weight is 357 g/mol. The molecule has 1 heterocycles. The van der Waals surface area contributed by atoms with E-state index in [0.717, 1.165) is 16.8 Å². The summed E-state index contributed by atoms with van der Waals surface area (Å²) in [5.74, 6) is 0.540. The third-order valence-corrected chi connectivity index (χ3v) is 3.89. The van der Waals surface area contributed by atoms with Crippen molar-refractivity contribution in [1.29, 1.82) is 0 Å². The highest BCUT2D eigenvalue weighted by Crippen LogP contribution is 2.20. The molecule has 0 aliphatic heterocycles. The fraction of sp³-hybridized carbons (Fsp3) is 0.111. The van der Waals surface area contributed by atoms with Gasteiger partial charge >= 0.3 is 0 Å². The Morgan fingerprint density at radius 2 is 1.92 bits per heavy atom. The molecule has 0 saturated carbocycles. The molecule has 2 aromatic carbocycles. The van der Waals surface area contributed by atoms with Crippen molar-refractivity contribution in [1.82, 2.24) is 9.78 Å². The van der Waals surface area contributed by atoms with Crippen LogP contribution < -0.4 is 10.6 Å². The SMILES string of the molecule is Cc1cccc(NC(=S)Nc2nn(Cc3ccccc3)cc2Cl)c1. The molecule has 0 bridgehead atoms. The summed E-state index contributed by atoms with van der Waals surface area (Å²) in [5, 5.41) is 11.6. The lowest BCUT2D eigenvalue weighted by Crippen LogP contribution is -2.19. The lowest BCUT2D eigenvalue weighted by molar-refractivity contribution is 0.690. The van der Waals surface area contributed by atoms with Crippen LogP contribution >= 0.6 is 23.8 Å². The van der Waals surface area contributed by atoms with Crippen molar-refractivity contribution in [3.8, 4) is 0 Å². The van der Waals surface area contributed by atoms with Crippen molar-refractivity contribution in [2.24, 2.45) is 0 Å². The zero-order chi connectivity index (χ0) is 16.9. The summed E-state index contributed by atoms with van der Waals surface area (Å²) >= 11 is 11.6. The standard InChI is InChI=1S/C18H17ClN4S/c1-13-6-5-9-15(10-13)20-18(24)21-17-16(19)12-23(22-17)11-14-7-3-2-4-8-14/h2-10,12H,11H2,1H3,(H2,20,21,22,24). The molecule has 0 amide bonds. The van der Waals surface area contributed by atoms with Crippen LogP contribution in [0, 0.1) is 6.92 Å². The normalized spacial score (nSPS) is 10.4. The van der Waals surface area contributed by atoms with Gasteiger partial charge in [0.25, 0.3) is 0 Å². The number of halogens is 1. The molecule has 0 spiro atoms. The Morgan fingerprint density at radius 1 is 1.12 bits per heavy atom. The molecule has 0 unspecified atom stereocenters. The van der Waals surface area contributed by atoms with E-state index >= 15 is 0 Å². The summed E-state index contributed by atoms with van der Waals surface area (Å²) < 4.78 is 1.79. The quantitative estimate of drug-likeness (QED) is 0.665. The number of hydrogen-bond donors (Lipinski definition) is 2. The van der Waals surface area contributed by atoms with Gasteiger partial charge in [0.15, 0.2) is 10.9 Å². The van der Waals surface area contributed by atoms with Gasteiger partial charge in [0, 0.05) is 11.9 Å². The molecule has 0 radical (unpaired) electrons. The molecule has 0 aliphatic rings. The van der Waals surface area contributed by atoms with Crippen LogP contribution in [0.2, 0.25) is 5.02 Å². The van der Waals surface area contributed by atoms with E-state index in [1.165, 1.54) is 0 Å². The van der Waals surface area contributed by atoms with Crippen molar-refractivity contribution in [2.45, 2.75) is 13.5 Å². The monoisotopic (exact) mass is 356 g/mol. The lowest BCUT2D eigenvalue weighted by Gasteiger charge is -2.09. The van der Waals surface area contributed by atoms with Gasteiger partial charge in [-0.1, -0.05) is 54.1 Å². The van der Waals surface area contributed by atoms with Crippen molar-refractivity contribution in [3.63, 3.8) is 0 Å². The Bertz CT molecular complexity index is 845. The summed E-state index contributed by atoms with van der Waals surface area (Å²) in [5.41, 5.74) is 3.24. The Balaban J connectivity index is 1.66. The van der Waals surface area contributed by atoms with Gasteiger partial charge in [-0.2, -0.15) is 5.10 Å². The second kappa shape index (κ2) is 7.47. The summed E-state index contributed by atoms with van der Waals surface area (Å²) in [6.07, 6.45) is 1.78. The molecule has 6 heteroatoms. The maximum atomic E-state index is 6.25. The molecule has 4 nitrogen and oxygen atoms in total. The number of rotatable bonds is 4. The second-order valence-electron chi connectivity index (χ2n) is 5.46. The van der Waals surface area contributed by atoms with Crippen LogP contribution in [-0.2, 0) is 6.54 Å². The third-order valence-electron chi connectivity index (χ3n) is 3.41. The molecule has 0 aliphatic carbocycles. The van der Waals surface area contributed by atoms with E-state index in [1.54, 1.807) is 10.9 Å². The van der Waals surface area contributed by atoms with E-state index in [0.29, 0.717) is 22.5 Å². The molecule has 0 saturated heterocycles. The first-order valence-corrected chi connectivity index (χ1v) is 8.30. The van der Waals surface area contributed by atoms with E-state index in [2.05, 4.69) is 15.7 Å². The van der Waals surface area contributed by atoms with Gasteiger partial charge in [-0.3, -0.25) is 4.68 Å². The first-order chi connectivity index (χ1) is 11.6. The minimum atomic E-state index is 0.451. The number of thiocarbonyl (C=S) groups is 1. The summed E-state index contributed by atoms with van der Waals surface area (Å²) in [4.78, 5) is 0. The van der Waals surface area contributed by atoms with Crippen molar-refractivity contribution in [2.75, 3.05) is 10.6 Å². The van der Waals surface area contributed by atoms with Crippen LogP contribution in [0.1, 0.15) is 11.1 Å². The number of aromatic nitrogens is 2. The largest absolute Gasteiger partial charge is 0.332 e. The molecule has 3 aromatic rings. The highest BCUT2D eigenvalue weighted by molar-refractivity contribution is 7.80. The molecule has 3 rings (SSSR count). The van der Waals surface area contributed by atoms with Crippen LogP contribution in [0.25, 0.3) is 0 Å². The van der Waals surface area contributed by atoms with Gasteiger partial charge in [-0.05, 0) is 42.4 Å². The molecule has 24 heavy (non-hydrogen) atoms. The fourth-order valence-corrected chi connectivity index (χ4v) is 2.74. The maximum Gasteiger partial charge on any atom is 0.176 e. The summed E-state index contributed by atoms with van der Waals surface area (Å²) in [6.45, 7) is 2.68. The Labute approximate surface area is 151 Å². The number of nitrogens with one attached hydrogen (secondary N) is 2. The molecule has 0 fully saturated rings. The van der Waals surface area contributed by atoms with E-state index in [1.807, 2.05) is 61.5 Å². The van der Waals surface area contributed by atoms with Crippen LogP contribution in [0.5, 0.6) is 0 Å². The number of anilines is 2. The number of benzene rings is 2. The van der Waals surface area contributed by atoms with Gasteiger partial charge in [-0.25, -0.2) is 0 Å².